The van der Waals surface area contributed by atoms with Gasteiger partial charge >= 0.3 is 0 Å². The van der Waals surface area contributed by atoms with Gasteiger partial charge in [-0.25, -0.2) is 0 Å². The standard InChI is InChI=1S/C6H9N/c1-3-4-5-6(2)7/h1,5H,4,7H2,2H3/b6-5+. The maximum atomic E-state index is 5.24. The topological polar surface area (TPSA) is 26.0 Å². The van der Waals surface area contributed by atoms with Crippen LogP contribution in [0.15, 0.2) is 11.8 Å². The maximum Gasteiger partial charge on any atom is 0.0286 e. The summed E-state index contributed by atoms with van der Waals surface area (Å²) in [7, 11) is 0. The monoisotopic (exact) mass is 95.1 g/mol. The van der Waals surface area contributed by atoms with Gasteiger partial charge in [-0.15, -0.1) is 12.3 Å². The summed E-state index contributed by atoms with van der Waals surface area (Å²) in [6.07, 6.45) is 7.37. The molecule has 0 atom stereocenters. The van der Waals surface area contributed by atoms with Crippen LogP contribution in [0, 0.1) is 12.3 Å². The molecular formula is C6H9N. The van der Waals surface area contributed by atoms with Crippen LogP contribution < -0.4 is 5.73 Å². The minimum Gasteiger partial charge on any atom is -0.402 e. The van der Waals surface area contributed by atoms with Crippen molar-refractivity contribution in [1.82, 2.24) is 0 Å². The maximum absolute atomic E-state index is 5.24. The van der Waals surface area contributed by atoms with Crippen molar-refractivity contribution in [2.45, 2.75) is 13.3 Å². The highest BCUT2D eigenvalue weighted by Gasteiger charge is 1.70. The van der Waals surface area contributed by atoms with Crippen LogP contribution in [0.5, 0.6) is 0 Å². The molecule has 0 aromatic heterocycles. The molecule has 0 aromatic rings. The van der Waals surface area contributed by atoms with Crippen molar-refractivity contribution in [2.75, 3.05) is 0 Å². The second kappa shape index (κ2) is 3.30. The van der Waals surface area contributed by atoms with Gasteiger partial charge in [0.1, 0.15) is 0 Å². The van der Waals surface area contributed by atoms with Crippen molar-refractivity contribution in [3.05, 3.63) is 11.8 Å². The van der Waals surface area contributed by atoms with Gasteiger partial charge < -0.3 is 5.73 Å². The minimum atomic E-state index is 0.641. The smallest absolute Gasteiger partial charge is 0.0286 e. The Bertz CT molecular complexity index is 102. The molecule has 0 saturated carbocycles. The van der Waals surface area contributed by atoms with E-state index in [0.717, 1.165) is 5.70 Å². The molecule has 0 aliphatic heterocycles. The van der Waals surface area contributed by atoms with Crippen LogP contribution in [0.3, 0.4) is 0 Å². The molecule has 0 unspecified atom stereocenters. The third-order valence-electron chi connectivity index (χ3n) is 0.542. The summed E-state index contributed by atoms with van der Waals surface area (Å²) in [5, 5.41) is 0. The van der Waals surface area contributed by atoms with E-state index in [1.807, 2.05) is 6.92 Å². The minimum absolute atomic E-state index is 0.641. The molecule has 1 heteroatoms. The Morgan fingerprint density at radius 1 is 2.00 bits per heavy atom. The summed E-state index contributed by atoms with van der Waals surface area (Å²) in [4.78, 5) is 0. The summed E-state index contributed by atoms with van der Waals surface area (Å²) < 4.78 is 0. The van der Waals surface area contributed by atoms with Gasteiger partial charge in [0.15, 0.2) is 0 Å². The molecule has 0 aliphatic rings. The van der Waals surface area contributed by atoms with Crippen molar-refractivity contribution in [3.8, 4) is 12.3 Å². The lowest BCUT2D eigenvalue weighted by atomic mass is 10.4. The summed E-state index contributed by atoms with van der Waals surface area (Å²) in [6.45, 7) is 1.82. The highest BCUT2D eigenvalue weighted by atomic mass is 14.5. The van der Waals surface area contributed by atoms with E-state index in [1.165, 1.54) is 0 Å². The lowest BCUT2D eigenvalue weighted by Gasteiger charge is -1.81. The normalized spacial score (nSPS) is 10.6. The Hall–Kier alpha value is -0.900. The molecule has 0 aliphatic carbocycles. The average molecular weight is 95.1 g/mol. The second-order valence-electron chi connectivity index (χ2n) is 1.36. The van der Waals surface area contributed by atoms with E-state index in [1.54, 1.807) is 6.08 Å². The van der Waals surface area contributed by atoms with Crippen LogP contribution in [-0.2, 0) is 0 Å². The molecule has 0 radical (unpaired) electrons. The number of hydrogen-bond donors (Lipinski definition) is 1. The predicted molar refractivity (Wildman–Crippen MR) is 31.4 cm³/mol. The zero-order chi connectivity index (χ0) is 5.70. The van der Waals surface area contributed by atoms with E-state index >= 15 is 0 Å². The van der Waals surface area contributed by atoms with Crippen LogP contribution in [0.2, 0.25) is 0 Å². The first kappa shape index (κ1) is 6.10. The molecule has 0 spiro atoms. The molecule has 38 valence electrons. The van der Waals surface area contributed by atoms with Gasteiger partial charge in [-0.05, 0) is 6.92 Å². The molecular weight excluding hydrogens is 86.1 g/mol. The Morgan fingerprint density at radius 2 is 2.57 bits per heavy atom. The van der Waals surface area contributed by atoms with E-state index < -0.39 is 0 Å². The van der Waals surface area contributed by atoms with Gasteiger partial charge in [0.25, 0.3) is 0 Å². The van der Waals surface area contributed by atoms with E-state index in [0.29, 0.717) is 6.42 Å². The van der Waals surface area contributed by atoms with Crippen molar-refractivity contribution < 1.29 is 0 Å². The summed E-state index contributed by atoms with van der Waals surface area (Å²) in [5.74, 6) is 2.44. The Morgan fingerprint density at radius 3 is 2.71 bits per heavy atom. The fourth-order valence-electron chi connectivity index (χ4n) is 0.220. The van der Waals surface area contributed by atoms with Crippen molar-refractivity contribution >= 4 is 0 Å². The van der Waals surface area contributed by atoms with E-state index in [-0.39, 0.29) is 0 Å². The van der Waals surface area contributed by atoms with Crippen LogP contribution >= 0.6 is 0 Å². The van der Waals surface area contributed by atoms with Crippen molar-refractivity contribution in [2.24, 2.45) is 5.73 Å². The molecule has 0 heterocycles. The van der Waals surface area contributed by atoms with E-state index in [2.05, 4.69) is 5.92 Å². The first-order valence-corrected chi connectivity index (χ1v) is 2.13. The Kier molecular flexibility index (Phi) is 2.87. The van der Waals surface area contributed by atoms with E-state index in [9.17, 15) is 0 Å². The zero-order valence-corrected chi connectivity index (χ0v) is 4.44. The quantitative estimate of drug-likeness (QED) is 0.480. The second-order valence-corrected chi connectivity index (χ2v) is 1.36. The molecule has 0 aromatic carbocycles. The molecule has 1 nitrogen and oxygen atoms in total. The Labute approximate surface area is 44.2 Å². The van der Waals surface area contributed by atoms with Gasteiger partial charge in [0.05, 0.1) is 0 Å². The van der Waals surface area contributed by atoms with Gasteiger partial charge in [0.2, 0.25) is 0 Å². The number of hydrogen-bond acceptors (Lipinski definition) is 1. The first-order valence-electron chi connectivity index (χ1n) is 2.13. The lowest BCUT2D eigenvalue weighted by molar-refractivity contribution is 1.26. The SMILES string of the molecule is C#CC/C=C(\C)N. The molecule has 2 N–H and O–H groups in total. The van der Waals surface area contributed by atoms with Crippen molar-refractivity contribution in [1.29, 1.82) is 0 Å². The van der Waals surface area contributed by atoms with Gasteiger partial charge in [-0.3, -0.25) is 0 Å². The van der Waals surface area contributed by atoms with Gasteiger partial charge in [-0.2, -0.15) is 0 Å². The van der Waals surface area contributed by atoms with Crippen LogP contribution in [0.1, 0.15) is 13.3 Å². The molecule has 0 amide bonds. The van der Waals surface area contributed by atoms with E-state index in [4.69, 9.17) is 12.2 Å². The molecule has 0 saturated heterocycles. The van der Waals surface area contributed by atoms with Crippen LogP contribution in [-0.4, -0.2) is 0 Å². The lowest BCUT2D eigenvalue weighted by Crippen LogP contribution is -1.88. The molecule has 0 bridgehead atoms. The van der Waals surface area contributed by atoms with Gasteiger partial charge in [0, 0.05) is 12.1 Å². The fraction of sp³-hybridized carbons (Fsp3) is 0.333. The largest absolute Gasteiger partial charge is 0.402 e. The Balaban J connectivity index is 3.32. The van der Waals surface area contributed by atoms with Crippen LogP contribution in [0.25, 0.3) is 0 Å². The third-order valence-corrected chi connectivity index (χ3v) is 0.542. The number of nitrogens with two attached hydrogens (primary N) is 1. The number of rotatable bonds is 1. The number of terminal acetylenes is 1. The number of allylic oxidation sites excluding steroid dienone is 2. The first-order chi connectivity index (χ1) is 3.27. The van der Waals surface area contributed by atoms with Crippen LogP contribution in [0.4, 0.5) is 0 Å². The summed E-state index contributed by atoms with van der Waals surface area (Å²) in [5.41, 5.74) is 6.03. The highest BCUT2D eigenvalue weighted by Crippen LogP contribution is 1.82. The average Bonchev–Trinajstić information content (AvgIpc) is 1.61. The summed E-state index contributed by atoms with van der Waals surface area (Å²) in [6, 6.07) is 0. The highest BCUT2D eigenvalue weighted by molar-refractivity contribution is 5.00. The molecule has 0 fully saturated rings. The fourth-order valence-corrected chi connectivity index (χ4v) is 0.220. The van der Waals surface area contributed by atoms with Gasteiger partial charge in [-0.1, -0.05) is 6.08 Å². The third kappa shape index (κ3) is 5.10. The molecule has 0 rings (SSSR count). The zero-order valence-electron chi connectivity index (χ0n) is 4.44. The predicted octanol–water partition coefficient (Wildman–Crippen LogP) is 0.872. The summed E-state index contributed by atoms with van der Waals surface area (Å²) >= 11 is 0. The van der Waals surface area contributed by atoms with Crippen molar-refractivity contribution in [3.63, 3.8) is 0 Å². The molecule has 7 heavy (non-hydrogen) atoms.